The molecule has 4 aromatic heterocycles. The molecule has 2 amide bonds. The van der Waals surface area contributed by atoms with Gasteiger partial charge in [-0.3, -0.25) is 19.0 Å². The Balaban J connectivity index is 0.000000259. The summed E-state index contributed by atoms with van der Waals surface area (Å²) in [7, 11) is 2.95. The van der Waals surface area contributed by atoms with E-state index in [2.05, 4.69) is 25.6 Å². The zero-order valence-electron chi connectivity index (χ0n) is 23.0. The number of rotatable bonds is 6. The molecule has 3 N–H and O–H groups in total. The van der Waals surface area contributed by atoms with E-state index in [1.165, 1.54) is 22.8 Å². The minimum atomic E-state index is -1.30. The SMILES string of the molecule is Cn1ncc(C(=O)N2CC(F)C2)c1C(=O)Nc1ccc2nc(N3CCOCC3)nn2c1.Cn1ncc(C(=O)O)c1C(=O)O. The van der Waals surface area contributed by atoms with Gasteiger partial charge in [0.25, 0.3) is 11.8 Å². The molecule has 43 heavy (non-hydrogen) atoms. The van der Waals surface area contributed by atoms with Crippen molar-refractivity contribution in [1.82, 2.24) is 39.1 Å². The minimum Gasteiger partial charge on any atom is -0.478 e. The van der Waals surface area contributed by atoms with Gasteiger partial charge in [-0.05, 0) is 12.1 Å². The molecule has 2 fully saturated rings. The number of fused-ring (bicyclic) bond motifs is 1. The van der Waals surface area contributed by atoms with Gasteiger partial charge in [0.2, 0.25) is 5.95 Å². The molecule has 226 valence electrons. The average Bonchev–Trinajstić information content (AvgIpc) is 3.68. The van der Waals surface area contributed by atoms with Crippen LogP contribution in [0.15, 0.2) is 30.7 Å². The number of pyridine rings is 1. The Hall–Kier alpha value is -5.39. The number of amides is 2. The highest BCUT2D eigenvalue weighted by Gasteiger charge is 2.34. The number of hydrogen-bond donors (Lipinski definition) is 3. The van der Waals surface area contributed by atoms with Crippen LogP contribution in [0, 0.1) is 0 Å². The number of anilines is 2. The van der Waals surface area contributed by atoms with Crippen molar-refractivity contribution in [3.8, 4) is 0 Å². The third kappa shape index (κ3) is 5.98. The van der Waals surface area contributed by atoms with Gasteiger partial charge in [0.15, 0.2) is 11.3 Å². The summed E-state index contributed by atoms with van der Waals surface area (Å²) >= 11 is 0. The lowest BCUT2D eigenvalue weighted by molar-refractivity contribution is 0.0398. The number of likely N-dealkylation sites (tertiary alicyclic amines) is 1. The molecule has 6 heterocycles. The van der Waals surface area contributed by atoms with Crippen molar-refractivity contribution in [1.29, 1.82) is 0 Å². The van der Waals surface area contributed by atoms with Crippen LogP contribution >= 0.6 is 0 Å². The molecule has 6 rings (SSSR count). The molecule has 0 radical (unpaired) electrons. The molecule has 2 aliphatic heterocycles. The molecule has 4 aromatic rings. The number of aryl methyl sites for hydroxylation is 2. The van der Waals surface area contributed by atoms with Crippen LogP contribution in [0.3, 0.4) is 0 Å². The van der Waals surface area contributed by atoms with E-state index in [-0.39, 0.29) is 35.6 Å². The molecule has 0 unspecified atom stereocenters. The molecule has 0 saturated carbocycles. The molecule has 2 aliphatic rings. The van der Waals surface area contributed by atoms with Crippen molar-refractivity contribution >= 4 is 41.0 Å². The monoisotopic (exact) mass is 598 g/mol. The second-order valence-corrected chi connectivity index (χ2v) is 9.66. The van der Waals surface area contributed by atoms with Crippen LogP contribution in [0.4, 0.5) is 16.0 Å². The topological polar surface area (TPSA) is 202 Å². The highest BCUT2D eigenvalue weighted by molar-refractivity contribution is 6.11. The Labute approximate surface area is 242 Å². The Morgan fingerprint density at radius 2 is 1.60 bits per heavy atom. The first kappa shape index (κ1) is 29.1. The highest BCUT2D eigenvalue weighted by atomic mass is 19.1. The van der Waals surface area contributed by atoms with E-state index in [1.807, 2.05) is 4.90 Å². The minimum absolute atomic E-state index is 0.0310. The van der Waals surface area contributed by atoms with Crippen molar-refractivity contribution < 1.29 is 38.5 Å². The predicted molar refractivity (Wildman–Crippen MR) is 145 cm³/mol. The maximum absolute atomic E-state index is 13.1. The molecule has 17 nitrogen and oxygen atoms in total. The molecule has 0 spiro atoms. The number of ether oxygens (including phenoxy) is 1. The van der Waals surface area contributed by atoms with Gasteiger partial charge < -0.3 is 30.1 Å². The van der Waals surface area contributed by atoms with E-state index in [9.17, 15) is 23.6 Å². The van der Waals surface area contributed by atoms with Gasteiger partial charge >= 0.3 is 11.9 Å². The number of carboxylic acids is 2. The highest BCUT2D eigenvalue weighted by Crippen LogP contribution is 2.20. The summed E-state index contributed by atoms with van der Waals surface area (Å²) in [6.07, 6.45) is 2.98. The number of aromatic nitrogens is 7. The van der Waals surface area contributed by atoms with Crippen molar-refractivity contribution in [2.45, 2.75) is 6.17 Å². The molecular weight excluding hydrogens is 571 g/mol. The number of hydrogen-bond acceptors (Lipinski definition) is 10. The summed E-state index contributed by atoms with van der Waals surface area (Å²) in [5.74, 6) is -2.89. The standard InChI is InChI=1S/C19H21FN8O3.C6H6N2O4/c1-25-16(14(8-21-25)18(30)27-9-12(20)10-27)17(29)22-13-2-3-15-23-19(24-28(15)11-13)26-4-6-31-7-5-26;1-8-4(6(11)12)3(2-7-8)5(9)10/h2-3,8,11-12H,4-7,9-10H2,1H3,(H,22,29);2H,1H3,(H,9,10)(H,11,12). The second-order valence-electron chi connectivity index (χ2n) is 9.66. The largest absolute Gasteiger partial charge is 0.478 e. The van der Waals surface area contributed by atoms with Gasteiger partial charge in [-0.25, -0.2) is 18.5 Å². The molecular formula is C25H27FN10O7. The summed E-state index contributed by atoms with van der Waals surface area (Å²) in [4.78, 5) is 54.3. The number of aromatic carboxylic acids is 2. The van der Waals surface area contributed by atoms with E-state index in [4.69, 9.17) is 14.9 Å². The smallest absolute Gasteiger partial charge is 0.355 e. The molecule has 18 heteroatoms. The Bertz CT molecular complexity index is 1700. The van der Waals surface area contributed by atoms with Crippen molar-refractivity contribution in [2.24, 2.45) is 14.1 Å². The maximum Gasteiger partial charge on any atom is 0.355 e. The summed E-state index contributed by atoms with van der Waals surface area (Å²) < 4.78 is 22.4. The third-order valence-corrected chi connectivity index (χ3v) is 6.75. The van der Waals surface area contributed by atoms with Crippen LogP contribution in [0.25, 0.3) is 5.65 Å². The normalized spacial score (nSPS) is 15.0. The van der Waals surface area contributed by atoms with E-state index in [0.29, 0.717) is 30.5 Å². The molecule has 0 aliphatic carbocycles. The zero-order chi connectivity index (χ0) is 30.8. The van der Waals surface area contributed by atoms with E-state index < -0.39 is 29.9 Å². The number of morpholine rings is 1. The summed E-state index contributed by atoms with van der Waals surface area (Å²) in [5, 5.41) is 31.9. The van der Waals surface area contributed by atoms with Crippen LogP contribution in [0.2, 0.25) is 0 Å². The second kappa shape index (κ2) is 11.8. The van der Waals surface area contributed by atoms with Crippen LogP contribution < -0.4 is 10.2 Å². The first-order valence-electron chi connectivity index (χ1n) is 13.0. The fraction of sp³-hybridized carbons (Fsp3) is 0.360. The number of carbonyl (C=O) groups excluding carboxylic acids is 2. The van der Waals surface area contributed by atoms with Crippen LogP contribution in [0.1, 0.15) is 41.7 Å². The summed E-state index contributed by atoms with van der Waals surface area (Å²) in [6.45, 7) is 2.76. The van der Waals surface area contributed by atoms with E-state index >= 15 is 0 Å². The number of carbonyl (C=O) groups is 4. The maximum atomic E-state index is 13.1. The first-order valence-corrected chi connectivity index (χ1v) is 13.0. The van der Waals surface area contributed by atoms with Crippen LogP contribution in [-0.4, -0.2) is 119 Å². The quantitative estimate of drug-likeness (QED) is 0.272. The van der Waals surface area contributed by atoms with Gasteiger partial charge in [-0.15, -0.1) is 5.10 Å². The first-order chi connectivity index (χ1) is 20.5. The zero-order valence-corrected chi connectivity index (χ0v) is 23.0. The Morgan fingerprint density at radius 1 is 0.953 bits per heavy atom. The van der Waals surface area contributed by atoms with Gasteiger partial charge in [-0.1, -0.05) is 0 Å². The molecule has 0 atom stereocenters. The van der Waals surface area contributed by atoms with Crippen molar-refractivity contribution in [3.05, 3.63) is 53.2 Å². The number of nitrogens with zero attached hydrogens (tertiary/aromatic N) is 9. The summed E-state index contributed by atoms with van der Waals surface area (Å²) in [5.41, 5.74) is 0.772. The van der Waals surface area contributed by atoms with E-state index in [1.54, 1.807) is 29.9 Å². The average molecular weight is 599 g/mol. The van der Waals surface area contributed by atoms with Gasteiger partial charge in [-0.2, -0.15) is 15.2 Å². The van der Waals surface area contributed by atoms with E-state index in [0.717, 1.165) is 24.0 Å². The van der Waals surface area contributed by atoms with Gasteiger partial charge in [0, 0.05) is 27.2 Å². The Morgan fingerprint density at radius 3 is 2.21 bits per heavy atom. The number of carboxylic acid groups (broad SMARTS) is 2. The number of halogens is 1. The number of alkyl halides is 1. The lowest BCUT2D eigenvalue weighted by atomic mass is 10.1. The van der Waals surface area contributed by atoms with Gasteiger partial charge in [0.05, 0.1) is 56.1 Å². The fourth-order valence-electron chi connectivity index (χ4n) is 4.50. The Kier molecular flexibility index (Phi) is 8.02. The summed E-state index contributed by atoms with van der Waals surface area (Å²) in [6, 6.07) is 3.47. The lowest BCUT2D eigenvalue weighted by Gasteiger charge is -2.34. The van der Waals surface area contributed by atoms with Crippen LogP contribution in [-0.2, 0) is 18.8 Å². The third-order valence-electron chi connectivity index (χ3n) is 6.75. The van der Waals surface area contributed by atoms with Crippen molar-refractivity contribution in [3.63, 3.8) is 0 Å². The van der Waals surface area contributed by atoms with Crippen molar-refractivity contribution in [2.75, 3.05) is 49.6 Å². The molecule has 2 saturated heterocycles. The van der Waals surface area contributed by atoms with Crippen LogP contribution in [0.5, 0.6) is 0 Å². The molecule has 0 bridgehead atoms. The number of nitrogens with one attached hydrogen (secondary N) is 1. The molecule has 0 aromatic carbocycles. The fourth-order valence-corrected chi connectivity index (χ4v) is 4.50. The lowest BCUT2D eigenvalue weighted by Crippen LogP contribution is -2.51. The van der Waals surface area contributed by atoms with Gasteiger partial charge in [0.1, 0.15) is 17.4 Å². The predicted octanol–water partition coefficient (Wildman–Crippen LogP) is 0.162.